The third-order valence-electron chi connectivity index (χ3n) is 4.64. The van der Waals surface area contributed by atoms with Crippen LogP contribution in [-0.4, -0.2) is 13.0 Å². The first-order chi connectivity index (χ1) is 13.0. The van der Waals surface area contributed by atoms with Crippen molar-refractivity contribution in [1.82, 2.24) is 0 Å². The van der Waals surface area contributed by atoms with E-state index in [0.29, 0.717) is 22.2 Å². The highest BCUT2D eigenvalue weighted by atomic mass is 32.1. The predicted molar refractivity (Wildman–Crippen MR) is 105 cm³/mol. The molecule has 1 heterocycles. The van der Waals surface area contributed by atoms with Gasteiger partial charge < -0.3 is 10.1 Å². The SMILES string of the molecule is COc1ccc(/C=C(\C#N)C(=O)Nc2sc3c(c2C#N)CCC(C)C3)cc1. The summed E-state index contributed by atoms with van der Waals surface area (Å²) < 4.78 is 5.11. The van der Waals surface area contributed by atoms with E-state index in [4.69, 9.17) is 4.74 Å². The number of methoxy groups -OCH3 is 1. The topological polar surface area (TPSA) is 85.9 Å². The summed E-state index contributed by atoms with van der Waals surface area (Å²) in [5, 5.41) is 22.2. The predicted octanol–water partition coefficient (Wildman–Crippen LogP) is 4.30. The Bertz CT molecular complexity index is 975. The Hall–Kier alpha value is -3.09. The van der Waals surface area contributed by atoms with E-state index < -0.39 is 5.91 Å². The van der Waals surface area contributed by atoms with Crippen molar-refractivity contribution in [1.29, 1.82) is 10.5 Å². The van der Waals surface area contributed by atoms with E-state index in [1.165, 1.54) is 22.3 Å². The van der Waals surface area contributed by atoms with Crippen LogP contribution in [-0.2, 0) is 17.6 Å². The molecular weight excluding hydrogens is 358 g/mol. The summed E-state index contributed by atoms with van der Waals surface area (Å²) in [6, 6.07) is 11.2. The smallest absolute Gasteiger partial charge is 0.266 e. The molecule has 1 unspecified atom stereocenters. The Morgan fingerprint density at radius 3 is 2.70 bits per heavy atom. The van der Waals surface area contributed by atoms with Crippen molar-refractivity contribution < 1.29 is 9.53 Å². The molecule has 27 heavy (non-hydrogen) atoms. The number of rotatable bonds is 4. The molecule has 3 rings (SSSR count). The van der Waals surface area contributed by atoms with Crippen LogP contribution in [0.4, 0.5) is 5.00 Å². The zero-order chi connectivity index (χ0) is 19.4. The van der Waals surface area contributed by atoms with Crippen LogP contribution < -0.4 is 10.1 Å². The van der Waals surface area contributed by atoms with Crippen LogP contribution in [0.15, 0.2) is 29.8 Å². The van der Waals surface area contributed by atoms with Crippen molar-refractivity contribution >= 4 is 28.3 Å². The molecule has 0 radical (unpaired) electrons. The van der Waals surface area contributed by atoms with Gasteiger partial charge in [-0.3, -0.25) is 4.79 Å². The zero-order valence-corrected chi connectivity index (χ0v) is 16.0. The number of nitrogens with zero attached hydrogens (tertiary/aromatic N) is 2. The Morgan fingerprint density at radius 1 is 1.33 bits per heavy atom. The van der Waals surface area contributed by atoms with E-state index in [1.54, 1.807) is 31.4 Å². The first kappa shape index (κ1) is 18.7. The van der Waals surface area contributed by atoms with Gasteiger partial charge in [0.05, 0.1) is 12.7 Å². The molecule has 0 aliphatic heterocycles. The number of carbonyl (C=O) groups excluding carboxylic acids is 1. The zero-order valence-electron chi connectivity index (χ0n) is 15.2. The molecule has 1 atom stereocenters. The maximum absolute atomic E-state index is 12.6. The Kier molecular flexibility index (Phi) is 5.59. The second-order valence-electron chi connectivity index (χ2n) is 6.56. The highest BCUT2D eigenvalue weighted by molar-refractivity contribution is 7.16. The lowest BCUT2D eigenvalue weighted by molar-refractivity contribution is -0.112. The maximum atomic E-state index is 12.6. The summed E-state index contributed by atoms with van der Waals surface area (Å²) in [4.78, 5) is 13.8. The van der Waals surface area contributed by atoms with Gasteiger partial charge in [0, 0.05) is 4.88 Å². The van der Waals surface area contributed by atoms with Gasteiger partial charge in [-0.15, -0.1) is 11.3 Å². The third-order valence-corrected chi connectivity index (χ3v) is 5.81. The van der Waals surface area contributed by atoms with Gasteiger partial charge in [0.15, 0.2) is 0 Å². The minimum Gasteiger partial charge on any atom is -0.497 e. The molecule has 0 saturated heterocycles. The van der Waals surface area contributed by atoms with E-state index in [2.05, 4.69) is 18.3 Å². The molecule has 0 bridgehead atoms. The molecule has 1 aliphatic carbocycles. The first-order valence-electron chi connectivity index (χ1n) is 8.67. The fourth-order valence-electron chi connectivity index (χ4n) is 3.14. The highest BCUT2D eigenvalue weighted by Gasteiger charge is 2.25. The molecule has 6 heteroatoms. The monoisotopic (exact) mass is 377 g/mol. The number of nitrogens with one attached hydrogen (secondary N) is 1. The second-order valence-corrected chi connectivity index (χ2v) is 7.67. The molecule has 1 amide bonds. The van der Waals surface area contributed by atoms with Gasteiger partial charge in [-0.05, 0) is 54.5 Å². The fourth-order valence-corrected chi connectivity index (χ4v) is 4.50. The molecule has 0 spiro atoms. The Morgan fingerprint density at radius 2 is 2.07 bits per heavy atom. The van der Waals surface area contributed by atoms with Crippen molar-refractivity contribution in [2.24, 2.45) is 5.92 Å². The van der Waals surface area contributed by atoms with Crippen molar-refractivity contribution in [2.75, 3.05) is 12.4 Å². The Labute approximate surface area is 162 Å². The summed E-state index contributed by atoms with van der Waals surface area (Å²) in [7, 11) is 1.58. The molecule has 0 saturated carbocycles. The van der Waals surface area contributed by atoms with Crippen LogP contribution in [0.25, 0.3) is 6.08 Å². The number of hydrogen-bond acceptors (Lipinski definition) is 5. The third kappa shape index (κ3) is 4.02. The standard InChI is InChI=1S/C21H19N3O2S/c1-13-3-8-17-18(12-23)21(27-19(17)9-13)24-20(25)15(11-22)10-14-4-6-16(26-2)7-5-14/h4-7,10,13H,3,8-9H2,1-2H3,(H,24,25)/b15-10+. The molecular formula is C21H19N3O2S. The quantitative estimate of drug-likeness (QED) is 0.636. The molecule has 136 valence electrons. The molecule has 0 fully saturated rings. The van der Waals surface area contributed by atoms with Crippen LogP contribution in [0, 0.1) is 28.6 Å². The van der Waals surface area contributed by atoms with Crippen LogP contribution in [0.5, 0.6) is 5.75 Å². The van der Waals surface area contributed by atoms with Gasteiger partial charge in [0.25, 0.3) is 5.91 Å². The second kappa shape index (κ2) is 8.07. The number of amides is 1. The van der Waals surface area contributed by atoms with Gasteiger partial charge in [-0.1, -0.05) is 19.1 Å². The summed E-state index contributed by atoms with van der Waals surface area (Å²) in [5.41, 5.74) is 2.30. The number of ether oxygens (including phenoxy) is 1. The van der Waals surface area contributed by atoms with Crippen molar-refractivity contribution in [2.45, 2.75) is 26.2 Å². The van der Waals surface area contributed by atoms with Crippen LogP contribution in [0.1, 0.15) is 34.9 Å². The highest BCUT2D eigenvalue weighted by Crippen LogP contribution is 2.39. The van der Waals surface area contributed by atoms with Crippen molar-refractivity contribution in [3.05, 3.63) is 51.4 Å². The lowest BCUT2D eigenvalue weighted by Crippen LogP contribution is -2.13. The van der Waals surface area contributed by atoms with Gasteiger partial charge >= 0.3 is 0 Å². The maximum Gasteiger partial charge on any atom is 0.266 e. The average Bonchev–Trinajstić information content (AvgIpc) is 3.02. The van der Waals surface area contributed by atoms with Crippen LogP contribution in [0.3, 0.4) is 0 Å². The van der Waals surface area contributed by atoms with Gasteiger partial charge in [0.1, 0.15) is 28.5 Å². The number of nitriles is 2. The number of benzene rings is 1. The summed E-state index contributed by atoms with van der Waals surface area (Å²) in [6.07, 6.45) is 4.36. The Balaban J connectivity index is 1.84. The number of thiophene rings is 1. The lowest BCUT2D eigenvalue weighted by Gasteiger charge is -2.17. The van der Waals surface area contributed by atoms with Gasteiger partial charge in [-0.25, -0.2) is 0 Å². The number of anilines is 1. The number of fused-ring (bicyclic) bond motifs is 1. The molecule has 1 aromatic carbocycles. The van der Waals surface area contributed by atoms with E-state index in [-0.39, 0.29) is 5.57 Å². The summed E-state index contributed by atoms with van der Waals surface area (Å²) in [5.74, 6) is 0.777. The first-order valence-corrected chi connectivity index (χ1v) is 9.49. The molecule has 1 aromatic heterocycles. The minimum atomic E-state index is -0.503. The minimum absolute atomic E-state index is 0.0104. The van der Waals surface area contributed by atoms with E-state index in [0.717, 1.165) is 30.4 Å². The van der Waals surface area contributed by atoms with Gasteiger partial charge in [0.2, 0.25) is 0 Å². The number of hydrogen-bond donors (Lipinski definition) is 1. The molecule has 5 nitrogen and oxygen atoms in total. The average molecular weight is 377 g/mol. The van der Waals surface area contributed by atoms with E-state index in [9.17, 15) is 15.3 Å². The van der Waals surface area contributed by atoms with Gasteiger partial charge in [-0.2, -0.15) is 10.5 Å². The van der Waals surface area contributed by atoms with Crippen LogP contribution in [0.2, 0.25) is 0 Å². The number of carbonyl (C=O) groups is 1. The van der Waals surface area contributed by atoms with E-state index >= 15 is 0 Å². The summed E-state index contributed by atoms with van der Waals surface area (Å²) >= 11 is 1.45. The van der Waals surface area contributed by atoms with Crippen molar-refractivity contribution in [3.63, 3.8) is 0 Å². The fraction of sp³-hybridized carbons (Fsp3) is 0.286. The van der Waals surface area contributed by atoms with Crippen molar-refractivity contribution in [3.8, 4) is 17.9 Å². The molecule has 2 aromatic rings. The normalized spacial score (nSPS) is 16.0. The summed E-state index contributed by atoms with van der Waals surface area (Å²) in [6.45, 7) is 2.19. The largest absolute Gasteiger partial charge is 0.497 e. The lowest BCUT2D eigenvalue weighted by atomic mass is 9.88. The molecule has 1 aliphatic rings. The van der Waals surface area contributed by atoms with E-state index in [1.807, 2.05) is 6.07 Å². The van der Waals surface area contributed by atoms with Crippen LogP contribution >= 0.6 is 11.3 Å². The molecule has 1 N–H and O–H groups in total.